The maximum absolute atomic E-state index is 2.39. The van der Waals surface area contributed by atoms with Crippen molar-refractivity contribution in [3.63, 3.8) is 0 Å². The van der Waals surface area contributed by atoms with Gasteiger partial charge in [-0.25, -0.2) is 0 Å². The Bertz CT molecular complexity index is 107. The molecule has 1 aliphatic carbocycles. The van der Waals surface area contributed by atoms with Crippen molar-refractivity contribution in [1.29, 1.82) is 0 Å². The standard InChI is InChI=1S/C12H24/c1-3-4-5-6-7-8-9-12-10-11(12)2/h11-12H,3-10H2,1-2H3/t11-,12+/m0/s1. The molecule has 0 aromatic heterocycles. The molecule has 0 spiro atoms. The van der Waals surface area contributed by atoms with Gasteiger partial charge in [0.25, 0.3) is 0 Å². The monoisotopic (exact) mass is 168 g/mol. The third kappa shape index (κ3) is 4.13. The van der Waals surface area contributed by atoms with Gasteiger partial charge in [-0.05, 0) is 18.3 Å². The summed E-state index contributed by atoms with van der Waals surface area (Å²) >= 11 is 0. The van der Waals surface area contributed by atoms with Gasteiger partial charge < -0.3 is 0 Å². The summed E-state index contributed by atoms with van der Waals surface area (Å²) in [4.78, 5) is 0. The van der Waals surface area contributed by atoms with E-state index in [9.17, 15) is 0 Å². The molecule has 1 aliphatic rings. The highest BCUT2D eigenvalue weighted by Gasteiger charge is 2.31. The third-order valence-electron chi connectivity index (χ3n) is 3.20. The summed E-state index contributed by atoms with van der Waals surface area (Å²) in [6, 6.07) is 0. The molecule has 1 fully saturated rings. The smallest absolute Gasteiger partial charge is 0.0386 e. The van der Waals surface area contributed by atoms with Crippen molar-refractivity contribution < 1.29 is 0 Å². The molecule has 0 amide bonds. The van der Waals surface area contributed by atoms with E-state index >= 15 is 0 Å². The van der Waals surface area contributed by atoms with Gasteiger partial charge in [-0.3, -0.25) is 0 Å². The fraction of sp³-hybridized carbons (Fsp3) is 1.00. The molecular weight excluding hydrogens is 144 g/mol. The second kappa shape index (κ2) is 5.61. The van der Waals surface area contributed by atoms with E-state index in [1.165, 1.54) is 51.4 Å². The van der Waals surface area contributed by atoms with Gasteiger partial charge in [0.15, 0.2) is 0 Å². The lowest BCUT2D eigenvalue weighted by atomic mass is 10.1. The Hall–Kier alpha value is 0. The van der Waals surface area contributed by atoms with Crippen LogP contribution in [0, 0.1) is 11.8 Å². The van der Waals surface area contributed by atoms with E-state index in [1.807, 2.05) is 0 Å². The Kier molecular flexibility index (Phi) is 4.72. The molecule has 0 N–H and O–H groups in total. The van der Waals surface area contributed by atoms with E-state index in [2.05, 4.69) is 13.8 Å². The second-order valence-electron chi connectivity index (χ2n) is 4.53. The summed E-state index contributed by atoms with van der Waals surface area (Å²) in [6.07, 6.45) is 11.8. The van der Waals surface area contributed by atoms with Crippen LogP contribution in [0.4, 0.5) is 0 Å². The number of hydrogen-bond acceptors (Lipinski definition) is 0. The lowest BCUT2D eigenvalue weighted by molar-refractivity contribution is 0.555. The first-order chi connectivity index (χ1) is 5.84. The summed E-state index contributed by atoms with van der Waals surface area (Å²) in [5, 5.41) is 0. The molecule has 12 heavy (non-hydrogen) atoms. The highest BCUT2D eigenvalue weighted by atomic mass is 14.4. The zero-order valence-electron chi connectivity index (χ0n) is 8.81. The fourth-order valence-electron chi connectivity index (χ4n) is 1.99. The van der Waals surface area contributed by atoms with E-state index in [1.54, 1.807) is 0 Å². The lowest BCUT2D eigenvalue weighted by Crippen LogP contribution is -1.82. The number of hydrogen-bond donors (Lipinski definition) is 0. The van der Waals surface area contributed by atoms with E-state index in [0.717, 1.165) is 11.8 Å². The topological polar surface area (TPSA) is 0 Å². The highest BCUT2D eigenvalue weighted by molar-refractivity contribution is 4.81. The Morgan fingerprint density at radius 3 is 2.17 bits per heavy atom. The first-order valence-electron chi connectivity index (χ1n) is 5.84. The third-order valence-corrected chi connectivity index (χ3v) is 3.20. The zero-order chi connectivity index (χ0) is 8.81. The molecule has 0 heterocycles. The summed E-state index contributed by atoms with van der Waals surface area (Å²) in [7, 11) is 0. The van der Waals surface area contributed by atoms with E-state index in [-0.39, 0.29) is 0 Å². The van der Waals surface area contributed by atoms with Crippen LogP contribution in [0.2, 0.25) is 0 Å². The minimum Gasteiger partial charge on any atom is -0.0654 e. The largest absolute Gasteiger partial charge is 0.0654 e. The predicted octanol–water partition coefficient (Wildman–Crippen LogP) is 4.39. The maximum atomic E-state index is 2.39. The van der Waals surface area contributed by atoms with Gasteiger partial charge in [0.05, 0.1) is 0 Å². The summed E-state index contributed by atoms with van der Waals surface area (Å²) in [5.41, 5.74) is 0. The van der Waals surface area contributed by atoms with Crippen molar-refractivity contribution in [1.82, 2.24) is 0 Å². The van der Waals surface area contributed by atoms with Crippen LogP contribution >= 0.6 is 0 Å². The Balaban J connectivity index is 1.72. The number of rotatable bonds is 7. The summed E-state index contributed by atoms with van der Waals surface area (Å²) in [6.45, 7) is 4.67. The van der Waals surface area contributed by atoms with Crippen LogP contribution in [0.1, 0.15) is 65.2 Å². The fourth-order valence-corrected chi connectivity index (χ4v) is 1.99. The van der Waals surface area contributed by atoms with Gasteiger partial charge >= 0.3 is 0 Å². The van der Waals surface area contributed by atoms with Gasteiger partial charge in [-0.15, -0.1) is 0 Å². The van der Waals surface area contributed by atoms with Crippen LogP contribution in [0.15, 0.2) is 0 Å². The quantitative estimate of drug-likeness (QED) is 0.494. The molecule has 0 aliphatic heterocycles. The Labute approximate surface area is 77.7 Å². The van der Waals surface area contributed by atoms with Gasteiger partial charge in [0.2, 0.25) is 0 Å². The van der Waals surface area contributed by atoms with Crippen molar-refractivity contribution in [2.24, 2.45) is 11.8 Å². The van der Waals surface area contributed by atoms with Crippen LogP contribution in [0.3, 0.4) is 0 Å². The Morgan fingerprint density at radius 1 is 1.00 bits per heavy atom. The highest BCUT2D eigenvalue weighted by Crippen LogP contribution is 2.41. The van der Waals surface area contributed by atoms with Crippen LogP contribution in [-0.4, -0.2) is 0 Å². The minimum atomic E-state index is 1.07. The molecular formula is C12H24. The van der Waals surface area contributed by atoms with E-state index in [0.29, 0.717) is 0 Å². The lowest BCUT2D eigenvalue weighted by Gasteiger charge is -1.99. The molecule has 0 aromatic carbocycles. The van der Waals surface area contributed by atoms with Crippen LogP contribution in [0.25, 0.3) is 0 Å². The van der Waals surface area contributed by atoms with E-state index in [4.69, 9.17) is 0 Å². The molecule has 0 unspecified atom stereocenters. The Morgan fingerprint density at radius 2 is 1.58 bits per heavy atom. The zero-order valence-corrected chi connectivity index (χ0v) is 8.81. The van der Waals surface area contributed by atoms with Crippen molar-refractivity contribution in [2.45, 2.75) is 65.2 Å². The van der Waals surface area contributed by atoms with Crippen molar-refractivity contribution in [2.75, 3.05) is 0 Å². The average Bonchev–Trinajstić information content (AvgIpc) is 2.74. The molecule has 72 valence electrons. The molecule has 2 atom stereocenters. The predicted molar refractivity (Wildman–Crippen MR) is 55.3 cm³/mol. The van der Waals surface area contributed by atoms with Crippen LogP contribution < -0.4 is 0 Å². The molecule has 1 rings (SSSR count). The molecule has 0 saturated heterocycles. The van der Waals surface area contributed by atoms with Crippen LogP contribution in [-0.2, 0) is 0 Å². The van der Waals surface area contributed by atoms with Gasteiger partial charge in [-0.1, -0.05) is 58.8 Å². The van der Waals surface area contributed by atoms with Crippen molar-refractivity contribution >= 4 is 0 Å². The normalized spacial score (nSPS) is 27.5. The molecule has 0 heteroatoms. The molecule has 0 nitrogen and oxygen atoms in total. The summed E-state index contributed by atoms with van der Waals surface area (Å²) < 4.78 is 0. The average molecular weight is 168 g/mol. The first-order valence-corrected chi connectivity index (χ1v) is 5.84. The molecule has 0 radical (unpaired) electrons. The SMILES string of the molecule is CCCCCCCC[C@@H]1C[C@@H]1C. The van der Waals surface area contributed by atoms with Crippen molar-refractivity contribution in [3.05, 3.63) is 0 Å². The maximum Gasteiger partial charge on any atom is -0.0386 e. The minimum absolute atomic E-state index is 1.07. The first kappa shape index (κ1) is 10.1. The number of unbranched alkanes of at least 4 members (excludes halogenated alkanes) is 5. The summed E-state index contributed by atoms with van der Waals surface area (Å²) in [5.74, 6) is 2.19. The van der Waals surface area contributed by atoms with Crippen molar-refractivity contribution in [3.8, 4) is 0 Å². The van der Waals surface area contributed by atoms with Gasteiger partial charge in [0, 0.05) is 0 Å². The van der Waals surface area contributed by atoms with E-state index < -0.39 is 0 Å². The second-order valence-corrected chi connectivity index (χ2v) is 4.53. The van der Waals surface area contributed by atoms with Crippen LogP contribution in [0.5, 0.6) is 0 Å². The molecule has 0 bridgehead atoms. The van der Waals surface area contributed by atoms with Gasteiger partial charge in [0.1, 0.15) is 0 Å². The molecule has 0 aromatic rings. The van der Waals surface area contributed by atoms with Gasteiger partial charge in [-0.2, -0.15) is 0 Å². The molecule has 1 saturated carbocycles.